The van der Waals surface area contributed by atoms with Crippen molar-refractivity contribution < 1.29 is 14.4 Å². The predicted octanol–water partition coefficient (Wildman–Crippen LogP) is 1.38. The second-order valence-corrected chi connectivity index (χ2v) is 6.78. The van der Waals surface area contributed by atoms with Gasteiger partial charge in [-0.2, -0.15) is 0 Å². The third-order valence-electron chi connectivity index (χ3n) is 4.31. The fourth-order valence-electron chi connectivity index (χ4n) is 2.98. The number of nitrogens with zero attached hydrogens (tertiary/aromatic N) is 3. The van der Waals surface area contributed by atoms with Crippen LogP contribution in [-0.4, -0.2) is 38.9 Å². The van der Waals surface area contributed by atoms with Crippen molar-refractivity contribution in [2.75, 3.05) is 5.32 Å². The number of nitrogens with one attached hydrogen (secondary N) is 1. The van der Waals surface area contributed by atoms with E-state index in [1.807, 2.05) is 19.1 Å². The Labute approximate surface area is 137 Å². The summed E-state index contributed by atoms with van der Waals surface area (Å²) in [5.41, 5.74) is 0. The number of aromatic nitrogens is 2. The molecule has 1 aromatic rings. The van der Waals surface area contributed by atoms with E-state index in [4.69, 9.17) is 0 Å². The van der Waals surface area contributed by atoms with Gasteiger partial charge in [0.1, 0.15) is 11.0 Å². The monoisotopic (exact) mass is 334 g/mol. The molecule has 2 heterocycles. The van der Waals surface area contributed by atoms with Crippen LogP contribution in [0.3, 0.4) is 0 Å². The molecule has 23 heavy (non-hydrogen) atoms. The molecule has 8 heteroatoms. The van der Waals surface area contributed by atoms with E-state index in [0.29, 0.717) is 18.0 Å². The van der Waals surface area contributed by atoms with E-state index in [9.17, 15) is 14.4 Å². The van der Waals surface area contributed by atoms with Crippen LogP contribution >= 0.6 is 11.3 Å². The number of carbonyl (C=O) groups excluding carboxylic acids is 3. The van der Waals surface area contributed by atoms with Crippen molar-refractivity contribution in [1.82, 2.24) is 15.1 Å². The minimum absolute atomic E-state index is 0.251. The first-order valence-corrected chi connectivity index (χ1v) is 8.49. The molecule has 1 saturated heterocycles. The summed E-state index contributed by atoms with van der Waals surface area (Å²) in [4.78, 5) is 38.4. The summed E-state index contributed by atoms with van der Waals surface area (Å²) >= 11 is 1.29. The van der Waals surface area contributed by atoms with Gasteiger partial charge in [0.2, 0.25) is 22.9 Å². The van der Waals surface area contributed by atoms with E-state index < -0.39 is 11.9 Å². The number of hydrogen-bond donors (Lipinski definition) is 1. The molecule has 3 amide bonds. The van der Waals surface area contributed by atoms with Crippen LogP contribution in [0.1, 0.15) is 31.7 Å². The number of imide groups is 1. The van der Waals surface area contributed by atoms with Crippen LogP contribution < -0.4 is 5.32 Å². The van der Waals surface area contributed by atoms with Gasteiger partial charge in [-0.15, -0.1) is 10.2 Å². The maximum absolute atomic E-state index is 12.5. The lowest BCUT2D eigenvalue weighted by Gasteiger charge is -2.21. The second-order valence-electron chi connectivity index (χ2n) is 5.72. The molecular weight excluding hydrogens is 316 g/mol. The molecule has 1 aliphatic carbocycles. The van der Waals surface area contributed by atoms with Crippen molar-refractivity contribution >= 4 is 34.2 Å². The Morgan fingerprint density at radius 1 is 1.30 bits per heavy atom. The molecule has 0 spiro atoms. The molecule has 0 bridgehead atoms. The number of hydrogen-bond acceptors (Lipinski definition) is 6. The second kappa shape index (κ2) is 6.19. The number of allylic oxidation sites excluding steroid dienone is 2. The van der Waals surface area contributed by atoms with Crippen molar-refractivity contribution in [1.29, 1.82) is 0 Å². The van der Waals surface area contributed by atoms with Crippen molar-refractivity contribution in [2.24, 2.45) is 11.8 Å². The summed E-state index contributed by atoms with van der Waals surface area (Å²) in [5, 5.41) is 11.7. The Kier molecular flexibility index (Phi) is 4.25. The average Bonchev–Trinajstić information content (AvgIpc) is 3.11. The lowest BCUT2D eigenvalue weighted by Crippen LogP contribution is -2.46. The molecule has 0 saturated carbocycles. The highest BCUT2D eigenvalue weighted by Gasteiger charge is 2.50. The van der Waals surface area contributed by atoms with E-state index >= 15 is 0 Å². The van der Waals surface area contributed by atoms with Crippen molar-refractivity contribution in [3.63, 3.8) is 0 Å². The fourth-order valence-corrected chi connectivity index (χ4v) is 3.66. The van der Waals surface area contributed by atoms with Crippen molar-refractivity contribution in [3.8, 4) is 0 Å². The molecule has 2 aliphatic rings. The van der Waals surface area contributed by atoms with E-state index in [2.05, 4.69) is 15.5 Å². The lowest BCUT2D eigenvalue weighted by molar-refractivity contribution is -0.146. The molecule has 3 rings (SSSR count). The highest BCUT2D eigenvalue weighted by Crippen LogP contribution is 2.36. The molecule has 2 unspecified atom stereocenters. The molecule has 1 fully saturated rings. The van der Waals surface area contributed by atoms with Gasteiger partial charge in [-0.1, -0.05) is 30.4 Å². The number of amides is 3. The molecule has 7 nitrogen and oxygen atoms in total. The zero-order valence-corrected chi connectivity index (χ0v) is 13.8. The van der Waals surface area contributed by atoms with Crippen LogP contribution in [0.4, 0.5) is 5.13 Å². The van der Waals surface area contributed by atoms with Crippen LogP contribution in [-0.2, 0) is 20.8 Å². The molecular formula is C15H18N4O3S. The summed E-state index contributed by atoms with van der Waals surface area (Å²) in [6.45, 7) is 3.52. The van der Waals surface area contributed by atoms with Crippen LogP contribution in [0.5, 0.6) is 0 Å². The quantitative estimate of drug-likeness (QED) is 0.663. The highest BCUT2D eigenvalue weighted by molar-refractivity contribution is 7.15. The average molecular weight is 334 g/mol. The van der Waals surface area contributed by atoms with Gasteiger partial charge in [0, 0.05) is 0 Å². The van der Waals surface area contributed by atoms with Crippen LogP contribution in [0.2, 0.25) is 0 Å². The van der Waals surface area contributed by atoms with Gasteiger partial charge in [-0.05, 0) is 26.2 Å². The summed E-state index contributed by atoms with van der Waals surface area (Å²) < 4.78 is 0. The van der Waals surface area contributed by atoms with Gasteiger partial charge in [-0.25, -0.2) is 0 Å². The first-order valence-electron chi connectivity index (χ1n) is 7.68. The third kappa shape index (κ3) is 2.78. The zero-order valence-electron chi connectivity index (χ0n) is 13.0. The van der Waals surface area contributed by atoms with Crippen LogP contribution in [0, 0.1) is 11.8 Å². The number of aryl methyl sites for hydroxylation is 1. The molecule has 122 valence electrons. The molecule has 1 aliphatic heterocycles. The van der Waals surface area contributed by atoms with E-state index in [0.717, 1.165) is 16.3 Å². The van der Waals surface area contributed by atoms with Crippen LogP contribution in [0.15, 0.2) is 12.2 Å². The lowest BCUT2D eigenvalue weighted by atomic mass is 9.85. The summed E-state index contributed by atoms with van der Waals surface area (Å²) in [5.74, 6) is -1.57. The van der Waals surface area contributed by atoms with E-state index in [1.54, 1.807) is 6.92 Å². The predicted molar refractivity (Wildman–Crippen MR) is 84.6 cm³/mol. The number of likely N-dealkylation sites (tertiary alicyclic amines) is 1. The Morgan fingerprint density at radius 3 is 2.43 bits per heavy atom. The number of anilines is 1. The first-order chi connectivity index (χ1) is 11.0. The standard InChI is InChI=1S/C15H18N4O3S/c1-3-11-17-18-15(23-11)16-12(20)8(2)19-13(21)9-6-4-5-7-10(9)14(19)22/h4-5,8-10H,3,6-7H2,1-2H3,(H,16,18,20)/t8-,9?,10?/m0/s1. The maximum Gasteiger partial charge on any atom is 0.249 e. The number of rotatable bonds is 4. The number of fused-ring (bicyclic) bond motifs is 1. The first kappa shape index (κ1) is 15.8. The SMILES string of the molecule is CCc1nnc(NC(=O)[C@H](C)N2C(=O)C3CC=CCC3C2=O)s1. The van der Waals surface area contributed by atoms with Crippen molar-refractivity contribution in [2.45, 2.75) is 39.2 Å². The van der Waals surface area contributed by atoms with Crippen LogP contribution in [0.25, 0.3) is 0 Å². The maximum atomic E-state index is 12.5. The third-order valence-corrected chi connectivity index (χ3v) is 5.29. The molecule has 3 atom stereocenters. The topological polar surface area (TPSA) is 92.3 Å². The normalized spacial score (nSPS) is 24.7. The summed E-state index contributed by atoms with van der Waals surface area (Å²) in [6.07, 6.45) is 5.72. The smallest absolute Gasteiger partial charge is 0.249 e. The highest BCUT2D eigenvalue weighted by atomic mass is 32.1. The van der Waals surface area contributed by atoms with E-state index in [-0.39, 0.29) is 23.7 Å². The summed E-state index contributed by atoms with van der Waals surface area (Å²) in [6, 6.07) is -0.852. The number of carbonyl (C=O) groups is 3. The largest absolute Gasteiger partial charge is 0.299 e. The Balaban J connectivity index is 1.72. The summed E-state index contributed by atoms with van der Waals surface area (Å²) in [7, 11) is 0. The molecule has 1 N–H and O–H groups in total. The van der Waals surface area contributed by atoms with Crippen molar-refractivity contribution in [3.05, 3.63) is 17.2 Å². The Bertz CT molecular complexity index is 658. The minimum atomic E-state index is -0.852. The van der Waals surface area contributed by atoms with Gasteiger partial charge in [0.05, 0.1) is 11.8 Å². The van der Waals surface area contributed by atoms with Gasteiger partial charge >= 0.3 is 0 Å². The zero-order chi connectivity index (χ0) is 16.6. The van der Waals surface area contributed by atoms with Gasteiger partial charge in [-0.3, -0.25) is 24.6 Å². The van der Waals surface area contributed by atoms with Gasteiger partial charge in [0.15, 0.2) is 0 Å². The van der Waals surface area contributed by atoms with Gasteiger partial charge in [0.25, 0.3) is 0 Å². The Hall–Kier alpha value is -2.09. The minimum Gasteiger partial charge on any atom is -0.299 e. The molecule has 0 radical (unpaired) electrons. The van der Waals surface area contributed by atoms with E-state index in [1.165, 1.54) is 11.3 Å². The van der Waals surface area contributed by atoms with Gasteiger partial charge < -0.3 is 0 Å². The molecule has 1 aromatic heterocycles. The fraction of sp³-hybridized carbons (Fsp3) is 0.533. The molecule has 0 aromatic carbocycles. The Morgan fingerprint density at radius 2 is 1.91 bits per heavy atom.